The highest BCUT2D eigenvalue weighted by molar-refractivity contribution is 5.59. The van der Waals surface area contributed by atoms with Crippen LogP contribution in [0.5, 0.6) is 6.01 Å². The molecule has 1 aromatic carbocycles. The van der Waals surface area contributed by atoms with Crippen LogP contribution in [-0.2, 0) is 0 Å². The van der Waals surface area contributed by atoms with Crippen LogP contribution >= 0.6 is 0 Å². The zero-order chi connectivity index (χ0) is 10.7. The van der Waals surface area contributed by atoms with Crippen molar-refractivity contribution >= 4 is 0 Å². The van der Waals surface area contributed by atoms with E-state index in [2.05, 4.69) is 9.97 Å². The van der Waals surface area contributed by atoms with Crippen molar-refractivity contribution in [1.29, 1.82) is 0 Å². The average molecular weight is 204 g/mol. The molecular formula is C11H9FN2O. The second-order valence-electron chi connectivity index (χ2n) is 2.91. The van der Waals surface area contributed by atoms with Gasteiger partial charge < -0.3 is 4.74 Å². The van der Waals surface area contributed by atoms with Crippen LogP contribution in [0.3, 0.4) is 0 Å². The summed E-state index contributed by atoms with van der Waals surface area (Å²) >= 11 is 0. The minimum absolute atomic E-state index is 0.232. The third-order valence-corrected chi connectivity index (χ3v) is 1.97. The number of nitrogens with zero attached hydrogens (tertiary/aromatic N) is 2. The molecule has 0 bridgehead atoms. The summed E-state index contributed by atoms with van der Waals surface area (Å²) in [5.41, 5.74) is 0.957. The Bertz CT molecular complexity index is 474. The van der Waals surface area contributed by atoms with Gasteiger partial charge in [-0.2, -0.15) is 4.98 Å². The summed E-state index contributed by atoms with van der Waals surface area (Å²) in [7, 11) is 1.47. The molecule has 2 rings (SSSR count). The van der Waals surface area contributed by atoms with Crippen molar-refractivity contribution in [2.24, 2.45) is 0 Å². The lowest BCUT2D eigenvalue weighted by Gasteiger charge is -2.03. The number of ether oxygens (including phenoxy) is 1. The number of halogens is 1. The van der Waals surface area contributed by atoms with Gasteiger partial charge in [-0.05, 0) is 18.2 Å². The molecule has 4 heteroatoms. The maximum absolute atomic E-state index is 13.4. The lowest BCUT2D eigenvalue weighted by Crippen LogP contribution is -1.94. The summed E-state index contributed by atoms with van der Waals surface area (Å²) < 4.78 is 18.3. The maximum atomic E-state index is 13.4. The van der Waals surface area contributed by atoms with Crippen LogP contribution in [-0.4, -0.2) is 17.1 Å². The zero-order valence-corrected chi connectivity index (χ0v) is 8.14. The first kappa shape index (κ1) is 9.58. The minimum Gasteiger partial charge on any atom is -0.467 e. The van der Waals surface area contributed by atoms with E-state index in [9.17, 15) is 4.39 Å². The summed E-state index contributed by atoms with van der Waals surface area (Å²) in [5.74, 6) is -0.307. The molecule has 0 fully saturated rings. The second-order valence-corrected chi connectivity index (χ2v) is 2.91. The number of benzene rings is 1. The molecule has 0 spiro atoms. The van der Waals surface area contributed by atoms with Crippen molar-refractivity contribution in [2.45, 2.75) is 0 Å². The van der Waals surface area contributed by atoms with Crippen LogP contribution in [0.15, 0.2) is 36.5 Å². The van der Waals surface area contributed by atoms with Gasteiger partial charge in [0.2, 0.25) is 0 Å². The number of aromatic nitrogens is 2. The summed E-state index contributed by atoms with van der Waals surface area (Å²) in [4.78, 5) is 7.91. The minimum atomic E-state index is -0.307. The average Bonchev–Trinajstić information content (AvgIpc) is 2.30. The monoisotopic (exact) mass is 204 g/mol. The van der Waals surface area contributed by atoms with Gasteiger partial charge in [0.1, 0.15) is 5.82 Å². The topological polar surface area (TPSA) is 35.0 Å². The molecule has 0 aliphatic rings. The fourth-order valence-corrected chi connectivity index (χ4v) is 1.26. The van der Waals surface area contributed by atoms with Crippen molar-refractivity contribution in [3.8, 4) is 17.3 Å². The van der Waals surface area contributed by atoms with Gasteiger partial charge in [0.05, 0.1) is 12.8 Å². The van der Waals surface area contributed by atoms with Crippen molar-refractivity contribution in [1.82, 2.24) is 9.97 Å². The molecule has 1 heterocycles. The van der Waals surface area contributed by atoms with Gasteiger partial charge >= 0.3 is 6.01 Å². The van der Waals surface area contributed by atoms with E-state index in [1.807, 2.05) is 0 Å². The van der Waals surface area contributed by atoms with E-state index < -0.39 is 0 Å². The molecule has 0 amide bonds. The predicted octanol–water partition coefficient (Wildman–Crippen LogP) is 2.29. The standard InChI is InChI=1S/C11H9FN2O/c1-15-11-13-7-6-10(14-11)8-4-2-3-5-9(8)12/h2-7H,1H3. The Labute approximate surface area is 86.6 Å². The molecule has 0 radical (unpaired) electrons. The fourth-order valence-electron chi connectivity index (χ4n) is 1.26. The van der Waals surface area contributed by atoms with Gasteiger partial charge in [0.15, 0.2) is 0 Å². The lowest BCUT2D eigenvalue weighted by atomic mass is 10.1. The fraction of sp³-hybridized carbons (Fsp3) is 0.0909. The van der Waals surface area contributed by atoms with Crippen LogP contribution < -0.4 is 4.74 Å². The highest BCUT2D eigenvalue weighted by Crippen LogP contribution is 2.20. The van der Waals surface area contributed by atoms with E-state index in [1.165, 1.54) is 19.4 Å². The maximum Gasteiger partial charge on any atom is 0.316 e. The van der Waals surface area contributed by atoms with E-state index in [0.29, 0.717) is 11.3 Å². The molecule has 0 saturated heterocycles. The van der Waals surface area contributed by atoms with Gasteiger partial charge in [-0.15, -0.1) is 0 Å². The molecule has 0 aliphatic heterocycles. The van der Waals surface area contributed by atoms with E-state index >= 15 is 0 Å². The quantitative estimate of drug-likeness (QED) is 0.752. The number of hydrogen-bond donors (Lipinski definition) is 0. The molecule has 76 valence electrons. The van der Waals surface area contributed by atoms with Gasteiger partial charge in [-0.25, -0.2) is 9.37 Å². The number of methoxy groups -OCH3 is 1. The first-order chi connectivity index (χ1) is 7.31. The largest absolute Gasteiger partial charge is 0.467 e. The van der Waals surface area contributed by atoms with Crippen molar-refractivity contribution in [3.63, 3.8) is 0 Å². The van der Waals surface area contributed by atoms with Crippen LogP contribution in [0.2, 0.25) is 0 Å². The molecule has 0 saturated carbocycles. The zero-order valence-electron chi connectivity index (χ0n) is 8.14. The van der Waals surface area contributed by atoms with Gasteiger partial charge in [-0.3, -0.25) is 0 Å². The molecule has 0 N–H and O–H groups in total. The third kappa shape index (κ3) is 1.93. The van der Waals surface area contributed by atoms with Crippen LogP contribution in [0.25, 0.3) is 11.3 Å². The van der Waals surface area contributed by atoms with Gasteiger partial charge in [0, 0.05) is 11.8 Å². The van der Waals surface area contributed by atoms with Crippen LogP contribution in [0, 0.1) is 5.82 Å². The first-order valence-corrected chi connectivity index (χ1v) is 4.43. The Balaban J connectivity index is 2.49. The summed E-state index contributed by atoms with van der Waals surface area (Å²) in [6, 6.07) is 8.32. The number of hydrogen-bond acceptors (Lipinski definition) is 3. The molecular weight excluding hydrogens is 195 g/mol. The molecule has 0 unspecified atom stereocenters. The first-order valence-electron chi connectivity index (χ1n) is 4.43. The Morgan fingerprint density at radius 2 is 2.00 bits per heavy atom. The Morgan fingerprint density at radius 1 is 1.20 bits per heavy atom. The van der Waals surface area contributed by atoms with Crippen molar-refractivity contribution < 1.29 is 9.13 Å². The Hall–Kier alpha value is -1.97. The van der Waals surface area contributed by atoms with E-state index in [1.54, 1.807) is 24.3 Å². The molecule has 1 aromatic heterocycles. The van der Waals surface area contributed by atoms with E-state index in [0.717, 1.165) is 0 Å². The summed E-state index contributed by atoms with van der Waals surface area (Å²) in [5, 5.41) is 0. The van der Waals surface area contributed by atoms with Crippen molar-refractivity contribution in [2.75, 3.05) is 7.11 Å². The molecule has 15 heavy (non-hydrogen) atoms. The second kappa shape index (κ2) is 4.04. The molecule has 3 nitrogen and oxygen atoms in total. The highest BCUT2D eigenvalue weighted by atomic mass is 19.1. The lowest BCUT2D eigenvalue weighted by molar-refractivity contribution is 0.380. The third-order valence-electron chi connectivity index (χ3n) is 1.97. The molecule has 0 aliphatic carbocycles. The van der Waals surface area contributed by atoms with Crippen molar-refractivity contribution in [3.05, 3.63) is 42.3 Å². The molecule has 2 aromatic rings. The SMILES string of the molecule is COc1nccc(-c2ccccc2F)n1. The normalized spacial score (nSPS) is 10.0. The Kier molecular flexibility index (Phi) is 2.58. The molecule has 0 atom stereocenters. The number of rotatable bonds is 2. The Morgan fingerprint density at radius 3 is 2.73 bits per heavy atom. The van der Waals surface area contributed by atoms with Gasteiger partial charge in [-0.1, -0.05) is 12.1 Å². The predicted molar refractivity (Wildman–Crippen MR) is 54.0 cm³/mol. The smallest absolute Gasteiger partial charge is 0.316 e. The highest BCUT2D eigenvalue weighted by Gasteiger charge is 2.06. The van der Waals surface area contributed by atoms with Crippen LogP contribution in [0.1, 0.15) is 0 Å². The summed E-state index contributed by atoms with van der Waals surface area (Å²) in [6.07, 6.45) is 1.54. The van der Waals surface area contributed by atoms with E-state index in [4.69, 9.17) is 4.74 Å². The summed E-state index contributed by atoms with van der Waals surface area (Å²) in [6.45, 7) is 0. The van der Waals surface area contributed by atoms with E-state index in [-0.39, 0.29) is 11.8 Å². The van der Waals surface area contributed by atoms with Crippen LogP contribution in [0.4, 0.5) is 4.39 Å². The van der Waals surface area contributed by atoms with Gasteiger partial charge in [0.25, 0.3) is 0 Å².